The molecule has 2 aliphatic rings. The standard InChI is InChI=1S/C17H24N6O2/c24-17(15-10-19-20-16(15)14-3-8-25-9-4-14)22-6-1-2-13(11-22)12-23-7-5-18-21-23/h5,7,10,13-14H,1-4,6,8-9,11-12H2,(H,19,20). The number of piperidine rings is 1. The third-order valence-corrected chi connectivity index (χ3v) is 5.25. The largest absolute Gasteiger partial charge is 0.381 e. The average molecular weight is 344 g/mol. The van der Waals surface area contributed by atoms with Crippen LogP contribution in [0.2, 0.25) is 0 Å². The van der Waals surface area contributed by atoms with Gasteiger partial charge in [0.05, 0.1) is 23.7 Å². The van der Waals surface area contributed by atoms with Gasteiger partial charge in [-0.05, 0) is 31.6 Å². The molecule has 2 fully saturated rings. The zero-order valence-corrected chi connectivity index (χ0v) is 14.3. The normalized spacial score (nSPS) is 22.2. The fourth-order valence-corrected chi connectivity index (χ4v) is 3.93. The molecular formula is C17H24N6O2. The van der Waals surface area contributed by atoms with Crippen LogP contribution in [0.4, 0.5) is 0 Å². The van der Waals surface area contributed by atoms with Gasteiger partial charge in [0, 0.05) is 45.0 Å². The van der Waals surface area contributed by atoms with Gasteiger partial charge in [-0.25, -0.2) is 0 Å². The lowest BCUT2D eigenvalue weighted by molar-refractivity contribution is 0.0650. The van der Waals surface area contributed by atoms with Gasteiger partial charge in [0.1, 0.15) is 0 Å². The Bertz CT molecular complexity index is 692. The van der Waals surface area contributed by atoms with E-state index >= 15 is 0 Å². The monoisotopic (exact) mass is 344 g/mol. The van der Waals surface area contributed by atoms with Gasteiger partial charge < -0.3 is 9.64 Å². The van der Waals surface area contributed by atoms with Gasteiger partial charge in [0.15, 0.2) is 0 Å². The van der Waals surface area contributed by atoms with Gasteiger partial charge >= 0.3 is 0 Å². The lowest BCUT2D eigenvalue weighted by atomic mass is 9.92. The number of rotatable bonds is 4. The van der Waals surface area contributed by atoms with Crippen molar-refractivity contribution in [2.24, 2.45) is 5.92 Å². The fraction of sp³-hybridized carbons (Fsp3) is 0.647. The van der Waals surface area contributed by atoms with Gasteiger partial charge in [-0.2, -0.15) is 5.10 Å². The summed E-state index contributed by atoms with van der Waals surface area (Å²) in [4.78, 5) is 15.0. The number of amides is 1. The molecule has 25 heavy (non-hydrogen) atoms. The molecule has 4 rings (SSSR count). The summed E-state index contributed by atoms with van der Waals surface area (Å²) in [6.45, 7) is 3.88. The Kier molecular flexibility index (Phi) is 4.78. The highest BCUT2D eigenvalue weighted by Crippen LogP contribution is 2.29. The van der Waals surface area contributed by atoms with Crippen molar-refractivity contribution in [1.29, 1.82) is 0 Å². The van der Waals surface area contributed by atoms with Gasteiger partial charge in [-0.3, -0.25) is 14.6 Å². The number of aromatic nitrogens is 5. The molecular weight excluding hydrogens is 320 g/mol. The zero-order valence-electron chi connectivity index (χ0n) is 14.3. The first kappa shape index (κ1) is 16.3. The first-order valence-corrected chi connectivity index (χ1v) is 9.05. The highest BCUT2D eigenvalue weighted by atomic mass is 16.5. The molecule has 0 saturated carbocycles. The number of H-pyrrole nitrogens is 1. The van der Waals surface area contributed by atoms with Crippen molar-refractivity contribution >= 4 is 5.91 Å². The highest BCUT2D eigenvalue weighted by Gasteiger charge is 2.29. The molecule has 1 unspecified atom stereocenters. The number of ether oxygens (including phenoxy) is 1. The van der Waals surface area contributed by atoms with Gasteiger partial charge in [-0.15, -0.1) is 5.10 Å². The Labute approximate surface area is 146 Å². The van der Waals surface area contributed by atoms with E-state index in [-0.39, 0.29) is 5.91 Å². The van der Waals surface area contributed by atoms with Crippen molar-refractivity contribution in [1.82, 2.24) is 30.1 Å². The summed E-state index contributed by atoms with van der Waals surface area (Å²) in [6.07, 6.45) is 9.28. The van der Waals surface area contributed by atoms with Gasteiger partial charge in [-0.1, -0.05) is 5.21 Å². The summed E-state index contributed by atoms with van der Waals surface area (Å²) >= 11 is 0. The number of aromatic amines is 1. The molecule has 2 aromatic heterocycles. The molecule has 0 bridgehead atoms. The molecule has 2 aliphatic heterocycles. The predicted molar refractivity (Wildman–Crippen MR) is 90.0 cm³/mol. The van der Waals surface area contributed by atoms with Crippen LogP contribution < -0.4 is 0 Å². The predicted octanol–water partition coefficient (Wildman–Crippen LogP) is 1.45. The van der Waals surface area contributed by atoms with Crippen molar-refractivity contribution in [3.8, 4) is 0 Å². The molecule has 8 nitrogen and oxygen atoms in total. The van der Waals surface area contributed by atoms with Crippen molar-refractivity contribution in [3.63, 3.8) is 0 Å². The van der Waals surface area contributed by atoms with Crippen LogP contribution in [-0.2, 0) is 11.3 Å². The third-order valence-electron chi connectivity index (χ3n) is 5.25. The number of likely N-dealkylation sites (tertiary alicyclic amines) is 1. The minimum Gasteiger partial charge on any atom is -0.381 e. The lowest BCUT2D eigenvalue weighted by Gasteiger charge is -2.33. The van der Waals surface area contributed by atoms with Crippen molar-refractivity contribution < 1.29 is 9.53 Å². The van der Waals surface area contributed by atoms with Gasteiger partial charge in [0.25, 0.3) is 5.91 Å². The van der Waals surface area contributed by atoms with E-state index in [9.17, 15) is 4.79 Å². The molecule has 2 aromatic rings. The smallest absolute Gasteiger partial charge is 0.257 e. The second-order valence-electron chi connectivity index (χ2n) is 6.97. The van der Waals surface area contributed by atoms with E-state index in [1.54, 1.807) is 12.4 Å². The van der Waals surface area contributed by atoms with E-state index < -0.39 is 0 Å². The fourth-order valence-electron chi connectivity index (χ4n) is 3.93. The number of nitrogens with one attached hydrogen (secondary N) is 1. The number of nitrogens with zero attached hydrogens (tertiary/aromatic N) is 5. The average Bonchev–Trinajstić information content (AvgIpc) is 3.34. The molecule has 2 saturated heterocycles. The first-order chi connectivity index (χ1) is 12.3. The number of hydrogen-bond donors (Lipinski definition) is 1. The molecule has 0 aliphatic carbocycles. The number of carbonyl (C=O) groups is 1. The van der Waals surface area contributed by atoms with Crippen LogP contribution in [-0.4, -0.2) is 62.3 Å². The Morgan fingerprint density at radius 1 is 1.32 bits per heavy atom. The molecule has 0 radical (unpaired) electrons. The molecule has 1 atom stereocenters. The van der Waals surface area contributed by atoms with Crippen LogP contribution in [0.5, 0.6) is 0 Å². The number of carbonyl (C=O) groups excluding carboxylic acids is 1. The van der Waals surface area contributed by atoms with Gasteiger partial charge in [0.2, 0.25) is 0 Å². The summed E-state index contributed by atoms with van der Waals surface area (Å²) in [7, 11) is 0. The number of hydrogen-bond acceptors (Lipinski definition) is 5. The Morgan fingerprint density at radius 3 is 3.00 bits per heavy atom. The zero-order chi connectivity index (χ0) is 17.1. The maximum atomic E-state index is 13.1. The molecule has 1 amide bonds. The van der Waals surface area contributed by atoms with Crippen LogP contribution in [0.3, 0.4) is 0 Å². The van der Waals surface area contributed by atoms with Crippen LogP contribution in [0.1, 0.15) is 47.7 Å². The molecule has 4 heterocycles. The summed E-state index contributed by atoms with van der Waals surface area (Å²) in [6, 6.07) is 0. The molecule has 0 aromatic carbocycles. The topological polar surface area (TPSA) is 88.9 Å². The van der Waals surface area contributed by atoms with Crippen LogP contribution >= 0.6 is 0 Å². The molecule has 8 heteroatoms. The van der Waals surface area contributed by atoms with E-state index in [0.29, 0.717) is 11.8 Å². The summed E-state index contributed by atoms with van der Waals surface area (Å²) in [5, 5.41) is 15.1. The maximum absolute atomic E-state index is 13.1. The minimum atomic E-state index is 0.0959. The van der Waals surface area contributed by atoms with Crippen molar-refractivity contribution in [2.45, 2.75) is 38.1 Å². The minimum absolute atomic E-state index is 0.0959. The van der Waals surface area contributed by atoms with E-state index in [1.807, 2.05) is 15.8 Å². The SMILES string of the molecule is O=C(c1cn[nH]c1C1CCOCC1)N1CCCC(Cn2ccnn2)C1. The van der Waals surface area contributed by atoms with E-state index in [4.69, 9.17) is 4.74 Å². The summed E-state index contributed by atoms with van der Waals surface area (Å²) < 4.78 is 7.29. The van der Waals surface area contributed by atoms with Crippen LogP contribution in [0, 0.1) is 5.92 Å². The van der Waals surface area contributed by atoms with E-state index in [0.717, 1.165) is 69.8 Å². The second kappa shape index (κ2) is 7.35. The summed E-state index contributed by atoms with van der Waals surface area (Å²) in [5.41, 5.74) is 1.71. The Balaban J connectivity index is 1.44. The Morgan fingerprint density at radius 2 is 2.20 bits per heavy atom. The van der Waals surface area contributed by atoms with Crippen LogP contribution in [0.15, 0.2) is 18.6 Å². The van der Waals surface area contributed by atoms with Crippen molar-refractivity contribution in [3.05, 3.63) is 29.8 Å². The molecule has 1 N–H and O–H groups in total. The maximum Gasteiger partial charge on any atom is 0.257 e. The Hall–Kier alpha value is -2.22. The van der Waals surface area contributed by atoms with Crippen LogP contribution in [0.25, 0.3) is 0 Å². The third kappa shape index (κ3) is 3.58. The van der Waals surface area contributed by atoms with E-state index in [1.165, 1.54) is 0 Å². The quantitative estimate of drug-likeness (QED) is 0.907. The highest BCUT2D eigenvalue weighted by molar-refractivity contribution is 5.95. The summed E-state index contributed by atoms with van der Waals surface area (Å²) in [5.74, 6) is 0.849. The van der Waals surface area contributed by atoms with Crippen molar-refractivity contribution in [2.75, 3.05) is 26.3 Å². The first-order valence-electron chi connectivity index (χ1n) is 9.05. The molecule has 0 spiro atoms. The second-order valence-corrected chi connectivity index (χ2v) is 6.97. The molecule has 134 valence electrons. The van der Waals surface area contributed by atoms with E-state index in [2.05, 4.69) is 20.5 Å². The lowest BCUT2D eigenvalue weighted by Crippen LogP contribution is -2.41.